The van der Waals surface area contributed by atoms with Crippen LogP contribution in [-0.4, -0.2) is 22.5 Å². The predicted molar refractivity (Wildman–Crippen MR) is 90.1 cm³/mol. The van der Waals surface area contributed by atoms with E-state index in [4.69, 9.17) is 0 Å². The van der Waals surface area contributed by atoms with Crippen molar-refractivity contribution >= 4 is 28.6 Å². The van der Waals surface area contributed by atoms with Crippen molar-refractivity contribution in [3.8, 4) is 0 Å². The van der Waals surface area contributed by atoms with Crippen molar-refractivity contribution in [2.45, 2.75) is 40.8 Å². The zero-order chi connectivity index (χ0) is 15.2. The molecule has 7 heteroatoms. The SMILES string of the molecule is CCNC(=NCc1scnc1C)NCc1nc(C)c(C)s1. The minimum Gasteiger partial charge on any atom is -0.357 e. The molecule has 21 heavy (non-hydrogen) atoms. The van der Waals surface area contributed by atoms with Gasteiger partial charge in [0.05, 0.1) is 30.0 Å². The fraction of sp³-hybridized carbons (Fsp3) is 0.500. The summed E-state index contributed by atoms with van der Waals surface area (Å²) in [5.41, 5.74) is 4.03. The van der Waals surface area contributed by atoms with Gasteiger partial charge in [0.15, 0.2) is 5.96 Å². The molecule has 0 spiro atoms. The van der Waals surface area contributed by atoms with E-state index in [1.165, 1.54) is 9.75 Å². The highest BCUT2D eigenvalue weighted by Crippen LogP contribution is 2.16. The molecule has 0 fully saturated rings. The Morgan fingerprint density at radius 3 is 2.62 bits per heavy atom. The molecule has 0 saturated heterocycles. The summed E-state index contributed by atoms with van der Waals surface area (Å²) in [6.45, 7) is 10.4. The van der Waals surface area contributed by atoms with Gasteiger partial charge in [-0.1, -0.05) is 0 Å². The summed E-state index contributed by atoms with van der Waals surface area (Å²) in [6, 6.07) is 0. The average molecular weight is 323 g/mol. The molecule has 0 bridgehead atoms. The van der Waals surface area contributed by atoms with Crippen molar-refractivity contribution in [3.63, 3.8) is 0 Å². The molecule has 2 heterocycles. The second kappa shape index (κ2) is 7.51. The van der Waals surface area contributed by atoms with Crippen LogP contribution in [0.1, 0.15) is 33.1 Å². The number of nitrogens with one attached hydrogen (secondary N) is 2. The van der Waals surface area contributed by atoms with E-state index < -0.39 is 0 Å². The van der Waals surface area contributed by atoms with Crippen molar-refractivity contribution < 1.29 is 0 Å². The lowest BCUT2D eigenvalue weighted by Crippen LogP contribution is -2.36. The van der Waals surface area contributed by atoms with Gasteiger partial charge in [0.2, 0.25) is 0 Å². The largest absolute Gasteiger partial charge is 0.357 e. The third-order valence-corrected chi connectivity index (χ3v) is 5.04. The number of guanidine groups is 1. The molecule has 5 nitrogen and oxygen atoms in total. The van der Waals surface area contributed by atoms with E-state index in [9.17, 15) is 0 Å². The molecule has 0 radical (unpaired) electrons. The van der Waals surface area contributed by atoms with Crippen LogP contribution in [0.4, 0.5) is 0 Å². The highest BCUT2D eigenvalue weighted by Gasteiger charge is 2.05. The van der Waals surface area contributed by atoms with Crippen LogP contribution in [0.3, 0.4) is 0 Å². The summed E-state index contributed by atoms with van der Waals surface area (Å²) in [7, 11) is 0. The normalized spacial score (nSPS) is 11.7. The summed E-state index contributed by atoms with van der Waals surface area (Å²) in [4.78, 5) is 15.9. The first-order valence-corrected chi connectivity index (χ1v) is 8.63. The van der Waals surface area contributed by atoms with Crippen LogP contribution in [0.5, 0.6) is 0 Å². The third kappa shape index (κ3) is 4.50. The van der Waals surface area contributed by atoms with Crippen LogP contribution >= 0.6 is 22.7 Å². The minimum absolute atomic E-state index is 0.655. The highest BCUT2D eigenvalue weighted by atomic mass is 32.1. The first-order chi connectivity index (χ1) is 10.1. The molecule has 2 aromatic rings. The van der Waals surface area contributed by atoms with E-state index in [-0.39, 0.29) is 0 Å². The van der Waals surface area contributed by atoms with Crippen LogP contribution in [0.2, 0.25) is 0 Å². The van der Waals surface area contributed by atoms with Crippen LogP contribution in [0.25, 0.3) is 0 Å². The van der Waals surface area contributed by atoms with Crippen LogP contribution < -0.4 is 10.6 Å². The zero-order valence-electron chi connectivity index (χ0n) is 12.9. The van der Waals surface area contributed by atoms with Gasteiger partial charge < -0.3 is 10.6 Å². The number of aliphatic imine (C=N–C) groups is 1. The van der Waals surface area contributed by atoms with E-state index in [2.05, 4.69) is 39.4 Å². The molecule has 0 aliphatic carbocycles. The maximum atomic E-state index is 4.60. The fourth-order valence-corrected chi connectivity index (χ4v) is 3.32. The molecule has 0 amide bonds. The lowest BCUT2D eigenvalue weighted by atomic mass is 10.4. The van der Waals surface area contributed by atoms with E-state index in [0.717, 1.165) is 28.9 Å². The number of thiazole rings is 2. The second-order valence-electron chi connectivity index (χ2n) is 4.66. The van der Waals surface area contributed by atoms with Gasteiger partial charge in [0.1, 0.15) is 5.01 Å². The molecule has 114 valence electrons. The molecule has 0 aromatic carbocycles. The van der Waals surface area contributed by atoms with Crippen LogP contribution in [0.15, 0.2) is 10.5 Å². The maximum absolute atomic E-state index is 4.60. The molecule has 2 aromatic heterocycles. The summed E-state index contributed by atoms with van der Waals surface area (Å²) in [6.07, 6.45) is 0. The Kier molecular flexibility index (Phi) is 5.69. The first-order valence-electron chi connectivity index (χ1n) is 6.94. The number of rotatable bonds is 5. The molecular weight excluding hydrogens is 302 g/mol. The molecular formula is C14H21N5S2. The van der Waals surface area contributed by atoms with Crippen LogP contribution in [-0.2, 0) is 13.1 Å². The summed E-state index contributed by atoms with van der Waals surface area (Å²) >= 11 is 3.37. The summed E-state index contributed by atoms with van der Waals surface area (Å²) in [5, 5.41) is 7.67. The summed E-state index contributed by atoms with van der Waals surface area (Å²) in [5.74, 6) is 0.816. The summed E-state index contributed by atoms with van der Waals surface area (Å²) < 4.78 is 0. The van der Waals surface area contributed by atoms with Crippen LogP contribution in [0, 0.1) is 20.8 Å². The fourth-order valence-electron chi connectivity index (χ4n) is 1.74. The molecule has 2 N–H and O–H groups in total. The lowest BCUT2D eigenvalue weighted by Gasteiger charge is -2.09. The number of hydrogen-bond donors (Lipinski definition) is 2. The van der Waals surface area contributed by atoms with E-state index in [1.807, 2.05) is 19.4 Å². The molecule has 0 saturated carbocycles. The smallest absolute Gasteiger partial charge is 0.191 e. The van der Waals surface area contributed by atoms with Gasteiger partial charge in [0.25, 0.3) is 0 Å². The minimum atomic E-state index is 0.655. The molecule has 0 atom stereocenters. The van der Waals surface area contributed by atoms with Crippen molar-refractivity contribution in [2.24, 2.45) is 4.99 Å². The Morgan fingerprint density at radius 2 is 2.05 bits per heavy atom. The third-order valence-electron chi connectivity index (χ3n) is 3.05. The van der Waals surface area contributed by atoms with Gasteiger partial charge in [-0.25, -0.2) is 15.0 Å². The van der Waals surface area contributed by atoms with Gasteiger partial charge in [0, 0.05) is 16.3 Å². The number of nitrogens with zero attached hydrogens (tertiary/aromatic N) is 3. The number of aryl methyl sites for hydroxylation is 3. The average Bonchev–Trinajstić information content (AvgIpc) is 3.00. The molecule has 0 aliphatic rings. The van der Waals surface area contributed by atoms with Gasteiger partial charge in [-0.2, -0.15) is 0 Å². The second-order valence-corrected chi connectivity index (χ2v) is 6.89. The van der Waals surface area contributed by atoms with Crippen molar-refractivity contribution in [3.05, 3.63) is 31.7 Å². The standard InChI is InChI=1S/C14H21N5S2/c1-5-15-14(16-6-12-10(3)18-8-20-12)17-7-13-19-9(2)11(4)21-13/h8H,5-7H2,1-4H3,(H2,15,16,17). The highest BCUT2D eigenvalue weighted by molar-refractivity contribution is 7.11. The maximum Gasteiger partial charge on any atom is 0.191 e. The van der Waals surface area contributed by atoms with E-state index in [0.29, 0.717) is 13.1 Å². The van der Waals surface area contributed by atoms with Gasteiger partial charge >= 0.3 is 0 Å². The number of aromatic nitrogens is 2. The van der Waals surface area contributed by atoms with Gasteiger partial charge in [-0.05, 0) is 27.7 Å². The van der Waals surface area contributed by atoms with Crippen molar-refractivity contribution in [1.29, 1.82) is 0 Å². The monoisotopic (exact) mass is 323 g/mol. The molecule has 0 aliphatic heterocycles. The van der Waals surface area contributed by atoms with Crippen molar-refractivity contribution in [1.82, 2.24) is 20.6 Å². The predicted octanol–water partition coefficient (Wildman–Crippen LogP) is 2.78. The van der Waals surface area contributed by atoms with Gasteiger partial charge in [-0.15, -0.1) is 22.7 Å². The Hall–Kier alpha value is -1.47. The Bertz CT molecular complexity index is 595. The quantitative estimate of drug-likeness (QED) is 0.656. The molecule has 0 unspecified atom stereocenters. The zero-order valence-corrected chi connectivity index (χ0v) is 14.5. The Balaban J connectivity index is 1.96. The Morgan fingerprint density at radius 1 is 1.24 bits per heavy atom. The van der Waals surface area contributed by atoms with Gasteiger partial charge in [-0.3, -0.25) is 0 Å². The topological polar surface area (TPSA) is 62.2 Å². The number of hydrogen-bond acceptors (Lipinski definition) is 5. The lowest BCUT2D eigenvalue weighted by molar-refractivity contribution is 0.810. The van der Waals surface area contributed by atoms with E-state index in [1.54, 1.807) is 22.7 Å². The Labute approximate surface area is 133 Å². The molecule has 2 rings (SSSR count). The van der Waals surface area contributed by atoms with E-state index >= 15 is 0 Å². The van der Waals surface area contributed by atoms with Crippen molar-refractivity contribution in [2.75, 3.05) is 6.54 Å². The first kappa shape index (κ1) is 15.9.